The van der Waals surface area contributed by atoms with E-state index in [9.17, 15) is 9.83 Å². The summed E-state index contributed by atoms with van der Waals surface area (Å²) in [6.45, 7) is 2.64. The lowest BCUT2D eigenvalue weighted by molar-refractivity contribution is 0.101. The van der Waals surface area contributed by atoms with Gasteiger partial charge in [-0.15, -0.1) is 0 Å². The molecular weight excluding hydrogens is 257 g/mol. The Morgan fingerprint density at radius 3 is 2.59 bits per heavy atom. The number of hydrogen-bond donors (Lipinski definition) is 0. The van der Waals surface area contributed by atoms with Crippen LogP contribution in [0.25, 0.3) is 0 Å². The Morgan fingerprint density at radius 2 is 2.18 bits per heavy atom. The quantitative estimate of drug-likeness (QED) is 0.628. The van der Waals surface area contributed by atoms with Crippen LogP contribution in [0.4, 0.5) is 0 Å². The second-order valence-electron chi connectivity index (χ2n) is 4.28. The molecular formula is C11H20NO3PS. The molecule has 17 heavy (non-hydrogen) atoms. The summed E-state index contributed by atoms with van der Waals surface area (Å²) in [5, 5.41) is 9.19. The minimum absolute atomic E-state index is 0.198. The van der Waals surface area contributed by atoms with Gasteiger partial charge in [-0.2, -0.15) is 5.26 Å². The molecule has 1 aliphatic carbocycles. The first-order chi connectivity index (χ1) is 7.99. The molecule has 0 saturated heterocycles. The summed E-state index contributed by atoms with van der Waals surface area (Å²) in [7, 11) is 0. The van der Waals surface area contributed by atoms with Crippen LogP contribution in [0.2, 0.25) is 0 Å². The zero-order chi connectivity index (χ0) is 12.9. The molecule has 4 nitrogen and oxygen atoms in total. The van der Waals surface area contributed by atoms with Crippen LogP contribution >= 0.6 is 18.2 Å². The molecule has 0 aromatic rings. The van der Waals surface area contributed by atoms with Crippen LogP contribution in [-0.4, -0.2) is 18.0 Å². The summed E-state index contributed by atoms with van der Waals surface area (Å²) in [6, 6.07) is 2.14. The van der Waals surface area contributed by atoms with Crippen molar-refractivity contribution in [2.24, 2.45) is 5.92 Å². The first-order valence-corrected chi connectivity index (χ1v) is 9.14. The van der Waals surface area contributed by atoms with Crippen LogP contribution in [-0.2, 0) is 13.6 Å². The van der Waals surface area contributed by atoms with Crippen molar-refractivity contribution in [2.75, 3.05) is 12.4 Å². The van der Waals surface area contributed by atoms with Crippen LogP contribution in [0.1, 0.15) is 40.0 Å². The summed E-state index contributed by atoms with van der Waals surface area (Å²) in [6.07, 6.45) is 2.83. The fourth-order valence-corrected chi connectivity index (χ4v) is 5.44. The Morgan fingerprint density at radius 1 is 1.53 bits per heavy atom. The highest BCUT2D eigenvalue weighted by molar-refractivity contribution is 8.55. The van der Waals surface area contributed by atoms with Crippen LogP contribution in [0.15, 0.2) is 0 Å². The first-order valence-electron chi connectivity index (χ1n) is 6.00. The molecule has 0 N–H and O–H groups in total. The highest BCUT2D eigenvalue weighted by Crippen LogP contribution is 2.64. The fourth-order valence-electron chi connectivity index (χ4n) is 1.50. The molecule has 1 rings (SSSR count). The third-order valence-electron chi connectivity index (χ3n) is 2.62. The Balaban J connectivity index is 2.71. The summed E-state index contributed by atoms with van der Waals surface area (Å²) >= 11 is 1.20. The molecule has 1 saturated carbocycles. The lowest BCUT2D eigenvalue weighted by Crippen LogP contribution is -2.28. The first kappa shape index (κ1) is 15.0. The van der Waals surface area contributed by atoms with Crippen molar-refractivity contribution in [3.05, 3.63) is 0 Å². The molecule has 0 bridgehead atoms. The third-order valence-corrected chi connectivity index (χ3v) is 6.74. The molecule has 0 spiro atoms. The zero-order valence-electron chi connectivity index (χ0n) is 10.6. The molecule has 1 fully saturated rings. The lowest BCUT2D eigenvalue weighted by Gasteiger charge is -2.27. The predicted octanol–water partition coefficient (Wildman–Crippen LogP) is 3.98. The van der Waals surface area contributed by atoms with E-state index in [0.717, 1.165) is 19.3 Å². The van der Waals surface area contributed by atoms with Crippen molar-refractivity contribution in [3.8, 4) is 6.07 Å². The molecule has 0 heterocycles. The molecule has 98 valence electrons. The van der Waals surface area contributed by atoms with Crippen LogP contribution in [0, 0.1) is 17.2 Å². The summed E-state index contributed by atoms with van der Waals surface area (Å²) in [4.78, 5) is 0. The van der Waals surface area contributed by atoms with Gasteiger partial charge in [-0.1, -0.05) is 6.92 Å². The minimum atomic E-state index is -3.19. The summed E-state index contributed by atoms with van der Waals surface area (Å²) in [5.74, 6) is 0.909. The standard InChI is InChI=1S/C11H20NO3PS/c1-4-8-17-16(13,14-5-2)15-11(3,9-12)10-6-7-10/h10H,4-8H2,1-3H3. The smallest absolute Gasteiger partial charge is 0.301 e. The topological polar surface area (TPSA) is 59.3 Å². The fraction of sp³-hybridized carbons (Fsp3) is 0.909. The van der Waals surface area contributed by atoms with E-state index in [0.29, 0.717) is 12.4 Å². The highest BCUT2D eigenvalue weighted by atomic mass is 32.7. The van der Waals surface area contributed by atoms with E-state index in [4.69, 9.17) is 9.05 Å². The van der Waals surface area contributed by atoms with Gasteiger partial charge in [-0.25, -0.2) is 4.57 Å². The van der Waals surface area contributed by atoms with E-state index in [1.807, 2.05) is 6.92 Å². The van der Waals surface area contributed by atoms with E-state index in [-0.39, 0.29) is 5.92 Å². The van der Waals surface area contributed by atoms with Gasteiger partial charge in [0, 0.05) is 11.7 Å². The van der Waals surface area contributed by atoms with Gasteiger partial charge >= 0.3 is 6.80 Å². The van der Waals surface area contributed by atoms with Crippen molar-refractivity contribution >= 4 is 18.2 Å². The molecule has 0 radical (unpaired) electrons. The maximum absolute atomic E-state index is 12.4. The Bertz CT molecular complexity index is 340. The molecule has 0 aromatic carbocycles. The van der Waals surface area contributed by atoms with Crippen LogP contribution in [0.3, 0.4) is 0 Å². The summed E-state index contributed by atoms with van der Waals surface area (Å²) in [5.41, 5.74) is -0.967. The normalized spacial score (nSPS) is 22.5. The van der Waals surface area contributed by atoms with E-state index in [2.05, 4.69) is 6.07 Å². The molecule has 0 amide bonds. The second-order valence-corrected chi connectivity index (χ2v) is 8.40. The van der Waals surface area contributed by atoms with E-state index < -0.39 is 12.4 Å². The summed E-state index contributed by atoms with van der Waals surface area (Å²) < 4.78 is 23.3. The van der Waals surface area contributed by atoms with Gasteiger partial charge in [-0.3, -0.25) is 4.52 Å². The number of rotatable bonds is 8. The van der Waals surface area contributed by atoms with Gasteiger partial charge in [0.05, 0.1) is 12.7 Å². The predicted molar refractivity (Wildman–Crippen MR) is 69.8 cm³/mol. The zero-order valence-corrected chi connectivity index (χ0v) is 12.4. The number of nitriles is 1. The van der Waals surface area contributed by atoms with Crippen LogP contribution in [0.5, 0.6) is 0 Å². The Hall–Kier alpha value is -0.01000. The Labute approximate surface area is 107 Å². The Kier molecular flexibility index (Phi) is 5.53. The largest absolute Gasteiger partial charge is 0.390 e. The van der Waals surface area contributed by atoms with Gasteiger partial charge in [0.15, 0.2) is 5.60 Å². The number of hydrogen-bond acceptors (Lipinski definition) is 5. The van der Waals surface area contributed by atoms with Crippen molar-refractivity contribution in [2.45, 2.75) is 45.6 Å². The van der Waals surface area contributed by atoms with E-state index in [1.54, 1.807) is 13.8 Å². The van der Waals surface area contributed by atoms with Gasteiger partial charge in [-0.05, 0) is 44.5 Å². The van der Waals surface area contributed by atoms with Crippen molar-refractivity contribution in [1.29, 1.82) is 5.26 Å². The van der Waals surface area contributed by atoms with Crippen molar-refractivity contribution in [1.82, 2.24) is 0 Å². The lowest BCUT2D eigenvalue weighted by atomic mass is 10.0. The van der Waals surface area contributed by atoms with Crippen molar-refractivity contribution < 1.29 is 13.6 Å². The molecule has 2 unspecified atom stereocenters. The molecule has 2 atom stereocenters. The molecule has 6 heteroatoms. The van der Waals surface area contributed by atoms with Gasteiger partial charge < -0.3 is 4.52 Å². The molecule has 0 aliphatic heterocycles. The maximum atomic E-state index is 12.4. The highest BCUT2D eigenvalue weighted by Gasteiger charge is 2.48. The van der Waals surface area contributed by atoms with E-state index >= 15 is 0 Å². The average molecular weight is 277 g/mol. The average Bonchev–Trinajstić information content (AvgIpc) is 3.10. The third kappa shape index (κ3) is 4.30. The monoisotopic (exact) mass is 277 g/mol. The van der Waals surface area contributed by atoms with Gasteiger partial charge in [0.1, 0.15) is 0 Å². The van der Waals surface area contributed by atoms with Gasteiger partial charge in [0.2, 0.25) is 0 Å². The number of nitrogens with zero attached hydrogens (tertiary/aromatic N) is 1. The minimum Gasteiger partial charge on any atom is -0.301 e. The SMILES string of the molecule is CCCSP(=O)(OCC)OC(C)(C#N)C1CC1. The molecule has 0 aromatic heterocycles. The van der Waals surface area contributed by atoms with E-state index in [1.165, 1.54) is 11.4 Å². The maximum Gasteiger partial charge on any atom is 0.390 e. The van der Waals surface area contributed by atoms with Crippen LogP contribution < -0.4 is 0 Å². The van der Waals surface area contributed by atoms with Crippen molar-refractivity contribution in [3.63, 3.8) is 0 Å². The second kappa shape index (κ2) is 6.24. The molecule has 1 aliphatic rings. The van der Waals surface area contributed by atoms with Gasteiger partial charge in [0.25, 0.3) is 0 Å².